The second-order valence-electron chi connectivity index (χ2n) is 6.89. The van der Waals surface area contributed by atoms with Gasteiger partial charge in [0.05, 0.1) is 11.6 Å². The second-order valence-corrected chi connectivity index (χ2v) is 6.89. The van der Waals surface area contributed by atoms with Gasteiger partial charge in [0.15, 0.2) is 5.82 Å². The van der Waals surface area contributed by atoms with Crippen LogP contribution in [-0.4, -0.2) is 33.6 Å². The van der Waals surface area contributed by atoms with Crippen LogP contribution in [0.15, 0.2) is 22.7 Å². The molecule has 2 aromatic rings. The monoisotopic (exact) mass is 341 g/mol. The van der Waals surface area contributed by atoms with Crippen molar-refractivity contribution in [3.05, 3.63) is 41.0 Å². The number of aryl methyl sites for hydroxylation is 1. The van der Waals surface area contributed by atoms with Crippen molar-refractivity contribution < 1.29 is 14.1 Å². The molecule has 1 aromatic heterocycles. The first kappa shape index (κ1) is 16.1. The average Bonchev–Trinajstić information content (AvgIpc) is 3.33. The van der Waals surface area contributed by atoms with E-state index in [1.54, 1.807) is 0 Å². The maximum absolute atomic E-state index is 13.2. The van der Waals surface area contributed by atoms with E-state index in [0.717, 1.165) is 24.2 Å². The van der Waals surface area contributed by atoms with Crippen molar-refractivity contribution >= 4 is 5.91 Å². The highest BCUT2D eigenvalue weighted by molar-refractivity contribution is 5.98. The van der Waals surface area contributed by atoms with Crippen molar-refractivity contribution in [3.63, 3.8) is 0 Å². The van der Waals surface area contributed by atoms with E-state index >= 15 is 0 Å². The van der Waals surface area contributed by atoms with Crippen LogP contribution in [0.1, 0.15) is 73.2 Å². The van der Waals surface area contributed by atoms with Gasteiger partial charge >= 0.3 is 0 Å². The zero-order valence-corrected chi connectivity index (χ0v) is 14.9. The smallest absolute Gasteiger partial charge is 0.258 e. The summed E-state index contributed by atoms with van der Waals surface area (Å²) in [7, 11) is 0. The first-order valence-electron chi connectivity index (χ1n) is 9.03. The fourth-order valence-corrected chi connectivity index (χ4v) is 3.73. The number of para-hydroxylation sites is 1. The van der Waals surface area contributed by atoms with E-state index in [1.807, 2.05) is 30.9 Å². The molecule has 2 aliphatic rings. The molecule has 1 amide bonds. The van der Waals surface area contributed by atoms with E-state index in [2.05, 4.69) is 23.1 Å². The summed E-state index contributed by atoms with van der Waals surface area (Å²) in [6, 6.07) is 5.73. The number of carbonyl (C=O) groups excluding carboxylic acids is 1. The molecule has 0 bridgehead atoms. The molecule has 4 rings (SSSR count). The van der Waals surface area contributed by atoms with Gasteiger partial charge in [-0.05, 0) is 25.8 Å². The fourth-order valence-electron chi connectivity index (χ4n) is 3.73. The molecule has 2 aliphatic heterocycles. The van der Waals surface area contributed by atoms with E-state index < -0.39 is 0 Å². The standard InChI is InChI=1S/C19H23N3O3/c1-4-16-20-18(21-25-16)15-9-6-10-22(15)19(23)14-8-5-7-13-11(2)12(3)24-17(13)14/h5,7-8,11-12,15H,4,6,9-10H2,1-3H3. The lowest BCUT2D eigenvalue weighted by Crippen LogP contribution is -2.31. The first-order chi connectivity index (χ1) is 12.1. The summed E-state index contributed by atoms with van der Waals surface area (Å²) in [5.74, 6) is 2.24. The number of fused-ring (bicyclic) bond motifs is 1. The molecular formula is C19H23N3O3. The lowest BCUT2D eigenvalue weighted by Gasteiger charge is -2.23. The molecule has 0 aliphatic carbocycles. The van der Waals surface area contributed by atoms with Gasteiger partial charge in [-0.3, -0.25) is 4.79 Å². The molecule has 0 N–H and O–H groups in total. The van der Waals surface area contributed by atoms with Crippen molar-refractivity contribution in [3.8, 4) is 5.75 Å². The van der Waals surface area contributed by atoms with Crippen LogP contribution in [-0.2, 0) is 6.42 Å². The maximum atomic E-state index is 13.2. The van der Waals surface area contributed by atoms with Crippen LogP contribution in [0.3, 0.4) is 0 Å². The quantitative estimate of drug-likeness (QED) is 0.855. The lowest BCUT2D eigenvalue weighted by molar-refractivity contribution is 0.0723. The number of rotatable bonds is 3. The third-order valence-corrected chi connectivity index (χ3v) is 5.37. The molecule has 0 spiro atoms. The molecule has 3 heterocycles. The number of carbonyl (C=O) groups is 1. The molecule has 1 fully saturated rings. The van der Waals surface area contributed by atoms with Crippen molar-refractivity contribution in [2.45, 2.75) is 58.1 Å². The summed E-state index contributed by atoms with van der Waals surface area (Å²) in [5, 5.41) is 4.08. The Labute approximate surface area is 147 Å². The molecule has 6 heteroatoms. The third-order valence-electron chi connectivity index (χ3n) is 5.37. The Morgan fingerprint density at radius 3 is 2.96 bits per heavy atom. The molecule has 1 aromatic carbocycles. The van der Waals surface area contributed by atoms with Gasteiger partial charge in [-0.25, -0.2) is 0 Å². The predicted molar refractivity (Wildman–Crippen MR) is 91.6 cm³/mol. The van der Waals surface area contributed by atoms with Gasteiger partial charge < -0.3 is 14.2 Å². The van der Waals surface area contributed by atoms with E-state index in [9.17, 15) is 4.79 Å². The first-order valence-corrected chi connectivity index (χ1v) is 9.03. The van der Waals surface area contributed by atoms with Crippen LogP contribution in [0.4, 0.5) is 0 Å². The van der Waals surface area contributed by atoms with Gasteiger partial charge in [-0.1, -0.05) is 31.1 Å². The van der Waals surface area contributed by atoms with E-state index in [-0.39, 0.29) is 18.1 Å². The van der Waals surface area contributed by atoms with Gasteiger partial charge in [0, 0.05) is 24.4 Å². The topological polar surface area (TPSA) is 68.5 Å². The molecule has 6 nitrogen and oxygen atoms in total. The van der Waals surface area contributed by atoms with E-state index in [0.29, 0.717) is 36.2 Å². The maximum Gasteiger partial charge on any atom is 0.258 e. The van der Waals surface area contributed by atoms with Gasteiger partial charge in [0.2, 0.25) is 5.89 Å². The van der Waals surface area contributed by atoms with Crippen LogP contribution >= 0.6 is 0 Å². The highest BCUT2D eigenvalue weighted by Gasteiger charge is 2.37. The Balaban J connectivity index is 1.65. The number of hydrogen-bond donors (Lipinski definition) is 0. The highest BCUT2D eigenvalue weighted by atomic mass is 16.5. The fraction of sp³-hybridized carbons (Fsp3) is 0.526. The van der Waals surface area contributed by atoms with Crippen molar-refractivity contribution in [2.75, 3.05) is 6.54 Å². The summed E-state index contributed by atoms with van der Waals surface area (Å²) in [5.41, 5.74) is 1.75. The summed E-state index contributed by atoms with van der Waals surface area (Å²) < 4.78 is 11.2. The Morgan fingerprint density at radius 1 is 1.36 bits per heavy atom. The molecule has 0 saturated carbocycles. The van der Waals surface area contributed by atoms with Crippen molar-refractivity contribution in [1.82, 2.24) is 15.0 Å². The molecule has 25 heavy (non-hydrogen) atoms. The van der Waals surface area contributed by atoms with Gasteiger partial charge in [-0.2, -0.15) is 4.98 Å². The van der Waals surface area contributed by atoms with Gasteiger partial charge in [0.1, 0.15) is 11.9 Å². The normalized spacial score (nSPS) is 25.1. The highest BCUT2D eigenvalue weighted by Crippen LogP contribution is 2.42. The average molecular weight is 341 g/mol. The van der Waals surface area contributed by atoms with Crippen molar-refractivity contribution in [2.24, 2.45) is 0 Å². The SMILES string of the molecule is CCc1nc(C2CCCN2C(=O)c2cccc3c2OC(C)C3C)no1. The molecular weight excluding hydrogens is 318 g/mol. The summed E-state index contributed by atoms with van der Waals surface area (Å²) >= 11 is 0. The van der Waals surface area contributed by atoms with E-state index in [4.69, 9.17) is 9.26 Å². The Morgan fingerprint density at radius 2 is 2.20 bits per heavy atom. The third kappa shape index (κ3) is 2.60. The minimum Gasteiger partial charge on any atom is -0.489 e. The van der Waals surface area contributed by atoms with Gasteiger partial charge in [0.25, 0.3) is 5.91 Å². The lowest BCUT2D eigenvalue weighted by atomic mass is 9.96. The summed E-state index contributed by atoms with van der Waals surface area (Å²) in [6.45, 7) is 6.86. The predicted octanol–water partition coefficient (Wildman–Crippen LogP) is 3.49. The number of aromatic nitrogens is 2. The van der Waals surface area contributed by atoms with Crippen LogP contribution < -0.4 is 4.74 Å². The number of benzene rings is 1. The van der Waals surface area contributed by atoms with Gasteiger partial charge in [-0.15, -0.1) is 0 Å². The van der Waals surface area contributed by atoms with Crippen LogP contribution in [0.25, 0.3) is 0 Å². The minimum atomic E-state index is -0.122. The Bertz CT molecular complexity index is 801. The number of hydrogen-bond acceptors (Lipinski definition) is 5. The minimum absolute atomic E-state index is 0.0106. The second kappa shape index (κ2) is 6.17. The van der Waals surface area contributed by atoms with Crippen LogP contribution in [0.2, 0.25) is 0 Å². The van der Waals surface area contributed by atoms with Crippen molar-refractivity contribution in [1.29, 1.82) is 0 Å². The summed E-state index contributed by atoms with van der Waals surface area (Å²) in [6.07, 6.45) is 2.58. The number of nitrogens with zero attached hydrogens (tertiary/aromatic N) is 3. The van der Waals surface area contributed by atoms with Crippen LogP contribution in [0.5, 0.6) is 5.75 Å². The molecule has 3 atom stereocenters. The zero-order chi connectivity index (χ0) is 17.6. The van der Waals surface area contributed by atoms with E-state index in [1.165, 1.54) is 0 Å². The molecule has 132 valence electrons. The number of ether oxygens (including phenoxy) is 1. The largest absolute Gasteiger partial charge is 0.489 e. The summed E-state index contributed by atoms with van der Waals surface area (Å²) in [4.78, 5) is 19.5. The Kier molecular flexibility index (Phi) is 3.98. The molecule has 0 radical (unpaired) electrons. The number of likely N-dealkylation sites (tertiary alicyclic amines) is 1. The molecule has 1 saturated heterocycles. The van der Waals surface area contributed by atoms with Crippen LogP contribution in [0, 0.1) is 0 Å². The molecule has 3 unspecified atom stereocenters. The zero-order valence-electron chi connectivity index (χ0n) is 14.9. The Hall–Kier alpha value is -2.37. The number of amides is 1.